The fraction of sp³-hybridized carbons (Fsp3) is 0.304. The van der Waals surface area contributed by atoms with Gasteiger partial charge in [-0.25, -0.2) is 0 Å². The highest BCUT2D eigenvalue weighted by molar-refractivity contribution is 6.52. The number of anilines is 1. The number of Topliss-reactive ketones (excluding diaryl/α,β-unsaturated/α-hetero) is 1. The molecule has 4 rings (SSSR count). The number of benzene rings is 2. The van der Waals surface area contributed by atoms with Gasteiger partial charge >= 0.3 is 5.97 Å². The molecule has 0 spiro atoms. The highest BCUT2D eigenvalue weighted by Gasteiger charge is 2.37. The van der Waals surface area contributed by atoms with Crippen LogP contribution in [0.25, 0.3) is 0 Å². The number of fused-ring (bicyclic) bond motifs is 2. The number of nitrogens with zero attached hydrogens (tertiary/aromatic N) is 1. The molecule has 1 N–H and O–H groups in total. The molecule has 2 aliphatic rings. The van der Waals surface area contributed by atoms with Gasteiger partial charge in [0, 0.05) is 0 Å². The molecule has 0 fully saturated rings. The Bertz CT molecular complexity index is 1030. The van der Waals surface area contributed by atoms with E-state index in [1.165, 1.54) is 12.5 Å². The lowest BCUT2D eigenvalue weighted by molar-refractivity contribution is -0.154. The molecule has 7 heteroatoms. The van der Waals surface area contributed by atoms with Gasteiger partial charge in [-0.2, -0.15) is 0 Å². The van der Waals surface area contributed by atoms with Crippen LogP contribution in [0.15, 0.2) is 48.5 Å². The maximum Gasteiger partial charge on any atom is 0.326 e. The molecular formula is C23H22N2O5. The van der Waals surface area contributed by atoms with E-state index in [9.17, 15) is 19.2 Å². The van der Waals surface area contributed by atoms with Crippen LogP contribution in [0, 0.1) is 0 Å². The van der Waals surface area contributed by atoms with Gasteiger partial charge in [-0.3, -0.25) is 24.1 Å². The van der Waals surface area contributed by atoms with Crippen molar-refractivity contribution in [2.75, 3.05) is 11.4 Å². The molecule has 154 valence electrons. The number of nitrogens with one attached hydrogen (secondary N) is 1. The summed E-state index contributed by atoms with van der Waals surface area (Å²) >= 11 is 0. The van der Waals surface area contributed by atoms with E-state index in [4.69, 9.17) is 4.74 Å². The zero-order valence-electron chi connectivity index (χ0n) is 16.6. The molecule has 2 amide bonds. The summed E-state index contributed by atoms with van der Waals surface area (Å²) in [5, 5.41) is 2.95. The predicted octanol–water partition coefficient (Wildman–Crippen LogP) is 2.34. The number of esters is 1. The van der Waals surface area contributed by atoms with Crippen molar-refractivity contribution < 1.29 is 23.9 Å². The quantitative estimate of drug-likeness (QED) is 0.608. The van der Waals surface area contributed by atoms with E-state index in [0.29, 0.717) is 5.69 Å². The smallest absolute Gasteiger partial charge is 0.326 e. The second-order valence-electron chi connectivity index (χ2n) is 7.52. The van der Waals surface area contributed by atoms with Crippen LogP contribution in [0.2, 0.25) is 0 Å². The number of para-hydroxylation sites is 1. The number of hydrogen-bond donors (Lipinski definition) is 1. The van der Waals surface area contributed by atoms with Crippen molar-refractivity contribution >= 4 is 29.3 Å². The van der Waals surface area contributed by atoms with Crippen LogP contribution in [0.3, 0.4) is 0 Å². The second kappa shape index (κ2) is 8.10. The Hall–Kier alpha value is -3.48. The first-order chi connectivity index (χ1) is 14.5. The highest BCUT2D eigenvalue weighted by atomic mass is 16.5. The van der Waals surface area contributed by atoms with Crippen LogP contribution in [0.1, 0.15) is 47.3 Å². The van der Waals surface area contributed by atoms with E-state index in [1.807, 2.05) is 18.2 Å². The summed E-state index contributed by atoms with van der Waals surface area (Å²) in [6.45, 7) is 1.07. The second-order valence-corrected chi connectivity index (χ2v) is 7.52. The molecule has 0 saturated carbocycles. The maximum atomic E-state index is 12.6. The van der Waals surface area contributed by atoms with E-state index >= 15 is 0 Å². The number of aryl methyl sites for hydroxylation is 1. The lowest BCUT2D eigenvalue weighted by atomic mass is 9.87. The third-order valence-electron chi connectivity index (χ3n) is 5.53. The van der Waals surface area contributed by atoms with Gasteiger partial charge in [0.15, 0.2) is 6.10 Å². The van der Waals surface area contributed by atoms with Crippen molar-refractivity contribution in [3.63, 3.8) is 0 Å². The fourth-order valence-corrected chi connectivity index (χ4v) is 4.02. The number of hydrogen-bond acceptors (Lipinski definition) is 5. The van der Waals surface area contributed by atoms with E-state index < -0.39 is 36.2 Å². The molecule has 0 bridgehead atoms. The Morgan fingerprint density at radius 2 is 1.87 bits per heavy atom. The zero-order valence-corrected chi connectivity index (χ0v) is 16.6. The molecular weight excluding hydrogens is 384 g/mol. The van der Waals surface area contributed by atoms with Gasteiger partial charge in [0.25, 0.3) is 17.6 Å². The molecule has 1 aliphatic heterocycles. The average Bonchev–Trinajstić information content (AvgIpc) is 2.99. The lowest BCUT2D eigenvalue weighted by Gasteiger charge is -2.27. The van der Waals surface area contributed by atoms with E-state index in [0.717, 1.165) is 29.7 Å². The molecule has 0 aromatic heterocycles. The minimum absolute atomic E-state index is 0.117. The number of ether oxygens (including phenoxy) is 1. The first-order valence-corrected chi connectivity index (χ1v) is 9.98. The topological polar surface area (TPSA) is 92.8 Å². The molecule has 0 saturated heterocycles. The summed E-state index contributed by atoms with van der Waals surface area (Å²) < 4.78 is 5.25. The van der Waals surface area contributed by atoms with Crippen LogP contribution in [-0.2, 0) is 25.5 Å². The summed E-state index contributed by atoms with van der Waals surface area (Å²) in [5.74, 6) is -2.57. The van der Waals surface area contributed by atoms with Gasteiger partial charge < -0.3 is 10.1 Å². The summed E-state index contributed by atoms with van der Waals surface area (Å²) in [6.07, 6.45) is 1.76. The summed E-state index contributed by atoms with van der Waals surface area (Å²) in [7, 11) is 0. The van der Waals surface area contributed by atoms with Crippen molar-refractivity contribution in [3.8, 4) is 0 Å². The third-order valence-corrected chi connectivity index (χ3v) is 5.53. The molecule has 2 atom stereocenters. The Kier molecular flexibility index (Phi) is 5.35. The summed E-state index contributed by atoms with van der Waals surface area (Å²) in [4.78, 5) is 50.2. The van der Waals surface area contributed by atoms with E-state index in [1.54, 1.807) is 24.3 Å². The van der Waals surface area contributed by atoms with Gasteiger partial charge in [-0.1, -0.05) is 36.4 Å². The first kappa shape index (κ1) is 19.8. The summed E-state index contributed by atoms with van der Waals surface area (Å²) in [6, 6.07) is 14.3. The predicted molar refractivity (Wildman–Crippen MR) is 109 cm³/mol. The van der Waals surface area contributed by atoms with Gasteiger partial charge in [-0.05, 0) is 49.4 Å². The van der Waals surface area contributed by atoms with Gasteiger partial charge in [0.1, 0.15) is 6.54 Å². The van der Waals surface area contributed by atoms with Gasteiger partial charge in [0.2, 0.25) is 0 Å². The van der Waals surface area contributed by atoms with Crippen LogP contribution in [-0.4, -0.2) is 36.2 Å². The Morgan fingerprint density at radius 1 is 1.13 bits per heavy atom. The Morgan fingerprint density at radius 3 is 2.70 bits per heavy atom. The van der Waals surface area contributed by atoms with Gasteiger partial charge in [-0.15, -0.1) is 0 Å². The summed E-state index contributed by atoms with van der Waals surface area (Å²) in [5.41, 5.74) is 2.94. The van der Waals surface area contributed by atoms with Crippen molar-refractivity contribution in [2.24, 2.45) is 0 Å². The van der Waals surface area contributed by atoms with E-state index in [-0.39, 0.29) is 11.6 Å². The fourth-order valence-electron chi connectivity index (χ4n) is 4.02. The van der Waals surface area contributed by atoms with Crippen molar-refractivity contribution in [2.45, 2.75) is 38.3 Å². The van der Waals surface area contributed by atoms with Crippen molar-refractivity contribution in [1.29, 1.82) is 0 Å². The van der Waals surface area contributed by atoms with Crippen LogP contribution >= 0.6 is 0 Å². The number of carbonyl (C=O) groups excluding carboxylic acids is 4. The molecule has 1 heterocycles. The Labute approximate surface area is 174 Å². The van der Waals surface area contributed by atoms with Crippen LogP contribution < -0.4 is 10.2 Å². The van der Waals surface area contributed by atoms with Crippen molar-refractivity contribution in [1.82, 2.24) is 5.32 Å². The maximum absolute atomic E-state index is 12.6. The number of ketones is 1. The van der Waals surface area contributed by atoms with Crippen molar-refractivity contribution in [3.05, 3.63) is 65.2 Å². The molecule has 0 unspecified atom stereocenters. The average molecular weight is 406 g/mol. The minimum Gasteiger partial charge on any atom is -0.451 e. The molecule has 0 radical (unpaired) electrons. The SMILES string of the molecule is C[C@H](OC(=O)CN1C(=O)C(=O)c2ccccc21)C(=O)N[C@@H]1CCCc2ccccc21. The molecule has 30 heavy (non-hydrogen) atoms. The molecule has 2 aromatic carbocycles. The minimum atomic E-state index is -1.02. The van der Waals surface area contributed by atoms with Crippen LogP contribution in [0.4, 0.5) is 5.69 Å². The molecule has 7 nitrogen and oxygen atoms in total. The largest absolute Gasteiger partial charge is 0.451 e. The molecule has 2 aromatic rings. The normalized spacial score (nSPS) is 18.4. The number of rotatable bonds is 5. The molecule has 1 aliphatic carbocycles. The van der Waals surface area contributed by atoms with Gasteiger partial charge in [0.05, 0.1) is 17.3 Å². The third kappa shape index (κ3) is 3.70. The standard InChI is InChI=1S/C23H22N2O5/c1-14(22(28)24-18-11-6-8-15-7-2-3-9-16(15)18)30-20(26)13-25-19-12-5-4-10-17(19)21(27)23(25)29/h2-5,7,9-10,12,14,18H,6,8,11,13H2,1H3,(H,24,28)/t14-,18+/m0/s1. The van der Waals surface area contributed by atoms with E-state index in [2.05, 4.69) is 11.4 Å². The number of amides is 2. The monoisotopic (exact) mass is 406 g/mol. The number of carbonyl (C=O) groups is 4. The van der Waals surface area contributed by atoms with Crippen LogP contribution in [0.5, 0.6) is 0 Å². The highest BCUT2D eigenvalue weighted by Crippen LogP contribution is 2.30. The lowest BCUT2D eigenvalue weighted by Crippen LogP contribution is -2.41. The zero-order chi connectivity index (χ0) is 21.3. The Balaban J connectivity index is 1.37. The first-order valence-electron chi connectivity index (χ1n) is 9.98.